The van der Waals surface area contributed by atoms with E-state index in [9.17, 15) is 13.2 Å². The van der Waals surface area contributed by atoms with Crippen molar-refractivity contribution < 1.29 is 13.2 Å². The molecule has 1 aliphatic rings. The zero-order valence-electron chi connectivity index (χ0n) is 19.2. The highest BCUT2D eigenvalue weighted by atomic mass is 32.2. The topological polar surface area (TPSA) is 143 Å². The fourth-order valence-corrected chi connectivity index (χ4v) is 5.12. The Balaban J connectivity index is 2.02. The second kappa shape index (κ2) is 10.2. The summed E-state index contributed by atoms with van der Waals surface area (Å²) in [6.45, 7) is 8.49. The molecule has 0 unspecified atom stereocenters. The maximum Gasteiger partial charge on any atom is 0.319 e. The van der Waals surface area contributed by atoms with E-state index >= 15 is 0 Å². The van der Waals surface area contributed by atoms with Crippen molar-refractivity contribution in [3.63, 3.8) is 0 Å². The fraction of sp³-hybridized carbons (Fsp3) is 0.455. The number of benzene rings is 1. The summed E-state index contributed by atoms with van der Waals surface area (Å²) in [4.78, 5) is 18.1. The van der Waals surface area contributed by atoms with Crippen molar-refractivity contribution in [1.82, 2.24) is 10.2 Å². The maximum absolute atomic E-state index is 12.6. The summed E-state index contributed by atoms with van der Waals surface area (Å²) in [5.74, 6) is 0.0835. The number of aliphatic imine (C=N–C) groups is 1. The lowest BCUT2D eigenvalue weighted by Gasteiger charge is -2.19. The van der Waals surface area contributed by atoms with Gasteiger partial charge in [-0.15, -0.1) is 0 Å². The number of anilines is 1. The molecule has 176 valence electrons. The van der Waals surface area contributed by atoms with E-state index in [2.05, 4.69) is 22.2 Å². The van der Waals surface area contributed by atoms with Crippen molar-refractivity contribution in [2.45, 2.75) is 36.7 Å². The molecule has 1 fully saturated rings. The van der Waals surface area contributed by atoms with Crippen molar-refractivity contribution >= 4 is 33.1 Å². The Bertz CT molecular complexity index is 1010. The molecule has 0 aliphatic heterocycles. The molecule has 0 radical (unpaired) electrons. The van der Waals surface area contributed by atoms with Crippen LogP contribution in [-0.2, 0) is 9.84 Å². The Kier molecular flexibility index (Phi) is 8.08. The number of amides is 2. The molecule has 0 atom stereocenters. The van der Waals surface area contributed by atoms with Gasteiger partial charge in [0.1, 0.15) is 10.6 Å². The van der Waals surface area contributed by atoms with Crippen LogP contribution in [0.3, 0.4) is 0 Å². The molecule has 2 amide bonds. The van der Waals surface area contributed by atoms with Crippen molar-refractivity contribution in [2.24, 2.45) is 16.5 Å². The molecule has 0 spiro atoms. The van der Waals surface area contributed by atoms with Gasteiger partial charge in [-0.25, -0.2) is 18.2 Å². The number of carbonyl (C=O) groups excluding carboxylic acids is 1. The zero-order chi connectivity index (χ0) is 24.1. The number of rotatable bonds is 10. The number of hydrogen-bond acceptors (Lipinski definition) is 6. The summed E-state index contributed by atoms with van der Waals surface area (Å²) >= 11 is 0. The van der Waals surface area contributed by atoms with E-state index in [-0.39, 0.29) is 17.6 Å². The highest BCUT2D eigenvalue weighted by Crippen LogP contribution is 2.49. The number of sulfone groups is 1. The van der Waals surface area contributed by atoms with Crippen LogP contribution in [0.4, 0.5) is 10.5 Å². The summed E-state index contributed by atoms with van der Waals surface area (Å²) in [7, 11) is 0.481. The lowest BCUT2D eigenvalue weighted by Crippen LogP contribution is -2.36. The minimum atomic E-state index is -3.38. The molecule has 0 aromatic heterocycles. The molecular formula is C22H34N6O3S. The van der Waals surface area contributed by atoms with Crippen molar-refractivity contribution in [3.05, 3.63) is 48.2 Å². The van der Waals surface area contributed by atoms with Crippen LogP contribution in [0.2, 0.25) is 0 Å². The van der Waals surface area contributed by atoms with Gasteiger partial charge in [-0.2, -0.15) is 0 Å². The van der Waals surface area contributed by atoms with E-state index in [0.29, 0.717) is 36.3 Å². The molecule has 2 rings (SSSR count). The summed E-state index contributed by atoms with van der Waals surface area (Å²) in [6.07, 6.45) is 2.38. The summed E-state index contributed by atoms with van der Waals surface area (Å²) < 4.78 is 24.2. The molecule has 6 N–H and O–H groups in total. The Morgan fingerprint density at radius 2 is 1.84 bits per heavy atom. The first kappa shape index (κ1) is 25.4. The average molecular weight is 463 g/mol. The van der Waals surface area contributed by atoms with Crippen LogP contribution >= 0.6 is 0 Å². The molecular weight excluding hydrogens is 428 g/mol. The Morgan fingerprint density at radius 1 is 1.25 bits per heavy atom. The minimum Gasteiger partial charge on any atom is -0.401 e. The van der Waals surface area contributed by atoms with E-state index in [0.717, 1.165) is 6.54 Å². The van der Waals surface area contributed by atoms with Crippen LogP contribution < -0.4 is 22.1 Å². The first-order valence-electron chi connectivity index (χ1n) is 10.4. The van der Waals surface area contributed by atoms with Gasteiger partial charge in [-0.3, -0.25) is 0 Å². The van der Waals surface area contributed by atoms with Gasteiger partial charge in [0, 0.05) is 30.5 Å². The number of urea groups is 1. The SMILES string of the molecule is C=C(N=C(N)/C=C(\N)C1(S(=O)(=O)C(C)C)CC1)c1ccc(NC(=O)NCCN(C)C)cc1. The van der Waals surface area contributed by atoms with Crippen molar-refractivity contribution in [1.29, 1.82) is 0 Å². The van der Waals surface area contributed by atoms with Crippen LogP contribution in [0, 0.1) is 0 Å². The van der Waals surface area contributed by atoms with Crippen LogP contribution in [-0.4, -0.2) is 62.4 Å². The van der Waals surface area contributed by atoms with E-state index in [4.69, 9.17) is 11.5 Å². The first-order chi connectivity index (χ1) is 14.9. The fourth-order valence-electron chi connectivity index (χ4n) is 3.16. The zero-order valence-corrected chi connectivity index (χ0v) is 20.0. The molecule has 0 saturated heterocycles. The molecule has 1 saturated carbocycles. The van der Waals surface area contributed by atoms with E-state index in [1.807, 2.05) is 19.0 Å². The standard InChI is InChI=1S/C22H34N6O3S/c1-15(2)32(30,31)22(10-11-22)19(23)14-20(24)26-16(3)17-6-8-18(9-7-17)27-21(29)25-12-13-28(4)5/h6-9,14-15H,3,10-13,23H2,1-2,4-5H3,(H2,24,26)(H2,25,27,29)/b19-14-. The van der Waals surface area contributed by atoms with Gasteiger partial charge in [0.15, 0.2) is 9.84 Å². The molecule has 1 aliphatic carbocycles. The number of nitrogens with one attached hydrogen (secondary N) is 2. The molecule has 0 heterocycles. The Labute approximate surface area is 190 Å². The van der Waals surface area contributed by atoms with Gasteiger partial charge >= 0.3 is 6.03 Å². The Hall–Kier alpha value is -2.85. The number of likely N-dealkylation sites (N-methyl/N-ethyl adjacent to an activating group) is 1. The number of nitrogens with two attached hydrogens (primary N) is 2. The predicted octanol–water partition coefficient (Wildman–Crippen LogP) is 1.90. The third-order valence-corrected chi connectivity index (χ3v) is 8.26. The average Bonchev–Trinajstić information content (AvgIpc) is 3.50. The van der Waals surface area contributed by atoms with E-state index in [1.165, 1.54) is 6.08 Å². The smallest absolute Gasteiger partial charge is 0.319 e. The van der Waals surface area contributed by atoms with Crippen LogP contribution in [0.15, 0.2) is 47.6 Å². The van der Waals surface area contributed by atoms with Crippen molar-refractivity contribution in [2.75, 3.05) is 32.5 Å². The van der Waals surface area contributed by atoms with E-state index in [1.54, 1.807) is 38.1 Å². The number of carbonyl (C=O) groups is 1. The second-order valence-electron chi connectivity index (χ2n) is 8.43. The van der Waals surface area contributed by atoms with Crippen LogP contribution in [0.1, 0.15) is 32.3 Å². The number of hydrogen-bond donors (Lipinski definition) is 4. The highest BCUT2D eigenvalue weighted by molar-refractivity contribution is 7.93. The lowest BCUT2D eigenvalue weighted by atomic mass is 10.1. The molecule has 32 heavy (non-hydrogen) atoms. The molecule has 0 bridgehead atoms. The second-order valence-corrected chi connectivity index (χ2v) is 11.2. The van der Waals surface area contributed by atoms with Crippen molar-refractivity contribution in [3.8, 4) is 0 Å². The van der Waals surface area contributed by atoms with Crippen LogP contribution in [0.25, 0.3) is 5.70 Å². The van der Waals surface area contributed by atoms with Gasteiger partial charge < -0.3 is 27.0 Å². The quantitative estimate of drug-likeness (QED) is 0.309. The summed E-state index contributed by atoms with van der Waals surface area (Å²) in [5, 5.41) is 5.00. The monoisotopic (exact) mass is 462 g/mol. The van der Waals surface area contributed by atoms with Crippen LogP contribution in [0.5, 0.6) is 0 Å². The third-order valence-electron chi connectivity index (χ3n) is 5.28. The normalized spacial score (nSPS) is 16.2. The number of nitrogens with zero attached hydrogens (tertiary/aromatic N) is 2. The highest BCUT2D eigenvalue weighted by Gasteiger charge is 2.57. The van der Waals surface area contributed by atoms with Gasteiger partial charge in [0.05, 0.1) is 10.9 Å². The number of amidine groups is 1. The summed E-state index contributed by atoms with van der Waals surface area (Å²) in [5.41, 5.74) is 14.0. The van der Waals surface area contributed by atoms with Gasteiger partial charge in [-0.05, 0) is 58.5 Å². The van der Waals surface area contributed by atoms with Gasteiger partial charge in [-0.1, -0.05) is 18.7 Å². The van der Waals surface area contributed by atoms with E-state index < -0.39 is 19.8 Å². The first-order valence-corrected chi connectivity index (χ1v) is 12.0. The third kappa shape index (κ3) is 6.10. The Morgan fingerprint density at radius 3 is 2.34 bits per heavy atom. The predicted molar refractivity (Wildman–Crippen MR) is 131 cm³/mol. The molecule has 1 aromatic rings. The summed E-state index contributed by atoms with van der Waals surface area (Å²) in [6, 6.07) is 6.69. The van der Waals surface area contributed by atoms with Gasteiger partial charge in [0.25, 0.3) is 0 Å². The largest absolute Gasteiger partial charge is 0.401 e. The minimum absolute atomic E-state index is 0.0835. The van der Waals surface area contributed by atoms with Gasteiger partial charge in [0.2, 0.25) is 0 Å². The molecule has 1 aromatic carbocycles. The molecule has 10 heteroatoms. The molecule has 9 nitrogen and oxygen atoms in total. The lowest BCUT2D eigenvalue weighted by molar-refractivity contribution is 0.250. The maximum atomic E-state index is 12.6.